The Balaban J connectivity index is 2.25. The van der Waals surface area contributed by atoms with Crippen LogP contribution in [0, 0.1) is 0 Å². The zero-order chi connectivity index (χ0) is 14.3. The lowest BCUT2D eigenvalue weighted by molar-refractivity contribution is -0.138. The van der Waals surface area contributed by atoms with Crippen molar-refractivity contribution < 1.29 is 19.1 Å². The summed E-state index contributed by atoms with van der Waals surface area (Å²) < 4.78 is 4.74. The molecular weight excluding hydrogens is 266 g/mol. The largest absolute Gasteiger partial charge is 0.377 e. The van der Waals surface area contributed by atoms with Crippen molar-refractivity contribution in [3.05, 3.63) is 0 Å². The second-order valence-corrected chi connectivity index (χ2v) is 5.83. The molecule has 0 aromatic carbocycles. The fourth-order valence-electron chi connectivity index (χ4n) is 1.97. The van der Waals surface area contributed by atoms with Gasteiger partial charge in [-0.3, -0.25) is 19.3 Å². The van der Waals surface area contributed by atoms with Gasteiger partial charge in [0.05, 0.1) is 5.25 Å². The van der Waals surface area contributed by atoms with Gasteiger partial charge in [-0.1, -0.05) is 6.92 Å². The topological polar surface area (TPSA) is 63.7 Å². The van der Waals surface area contributed by atoms with Gasteiger partial charge in [0.15, 0.2) is 5.78 Å². The molecule has 1 aliphatic heterocycles. The molecule has 0 N–H and O–H groups in total. The zero-order valence-corrected chi connectivity index (χ0v) is 12.3. The molecule has 0 aliphatic carbocycles. The smallest absolute Gasteiger partial charge is 0.242 e. The molecule has 19 heavy (non-hydrogen) atoms. The number of thioether (sulfide) groups is 1. The molecule has 1 saturated heterocycles. The number of methoxy groups -OCH3 is 1. The SMILES string of the molecule is CCCN1C(=O)CC(SCCCC(=O)COC)C1=O. The molecule has 1 aliphatic rings. The van der Waals surface area contributed by atoms with E-state index in [1.54, 1.807) is 0 Å². The molecule has 0 saturated carbocycles. The first-order valence-electron chi connectivity index (χ1n) is 6.56. The Labute approximate surface area is 118 Å². The lowest BCUT2D eigenvalue weighted by atomic mass is 10.2. The number of hydrogen-bond acceptors (Lipinski definition) is 5. The summed E-state index contributed by atoms with van der Waals surface area (Å²) in [5.41, 5.74) is 0. The minimum Gasteiger partial charge on any atom is -0.377 e. The maximum absolute atomic E-state index is 11.9. The Morgan fingerprint density at radius 1 is 1.47 bits per heavy atom. The highest BCUT2D eigenvalue weighted by Gasteiger charge is 2.37. The van der Waals surface area contributed by atoms with Gasteiger partial charge in [-0.2, -0.15) is 0 Å². The molecule has 0 radical (unpaired) electrons. The normalized spacial score (nSPS) is 19.3. The molecule has 1 heterocycles. The lowest BCUT2D eigenvalue weighted by Crippen LogP contribution is -2.32. The number of hydrogen-bond donors (Lipinski definition) is 0. The first-order chi connectivity index (χ1) is 9.10. The highest BCUT2D eigenvalue weighted by Crippen LogP contribution is 2.26. The van der Waals surface area contributed by atoms with Gasteiger partial charge < -0.3 is 4.74 Å². The van der Waals surface area contributed by atoms with Crippen LogP contribution in [-0.2, 0) is 19.1 Å². The van der Waals surface area contributed by atoms with Gasteiger partial charge in [-0.25, -0.2) is 0 Å². The molecule has 0 spiro atoms. The average molecular weight is 287 g/mol. The van der Waals surface area contributed by atoms with E-state index in [0.29, 0.717) is 19.4 Å². The van der Waals surface area contributed by atoms with Crippen LogP contribution in [0.2, 0.25) is 0 Å². The van der Waals surface area contributed by atoms with Gasteiger partial charge in [0.25, 0.3) is 0 Å². The van der Waals surface area contributed by atoms with Crippen LogP contribution in [0.4, 0.5) is 0 Å². The summed E-state index contributed by atoms with van der Waals surface area (Å²) in [4.78, 5) is 36.2. The van der Waals surface area contributed by atoms with Gasteiger partial charge >= 0.3 is 0 Å². The number of rotatable bonds is 9. The molecule has 6 heteroatoms. The average Bonchev–Trinajstić information content (AvgIpc) is 2.63. The monoisotopic (exact) mass is 287 g/mol. The van der Waals surface area contributed by atoms with Crippen molar-refractivity contribution in [3.63, 3.8) is 0 Å². The molecule has 5 nitrogen and oxygen atoms in total. The minimum absolute atomic E-state index is 0.0694. The van der Waals surface area contributed by atoms with Gasteiger partial charge in [-0.15, -0.1) is 11.8 Å². The van der Waals surface area contributed by atoms with Crippen LogP contribution in [-0.4, -0.2) is 53.8 Å². The molecule has 0 aromatic heterocycles. The van der Waals surface area contributed by atoms with Crippen LogP contribution in [0.1, 0.15) is 32.6 Å². The second-order valence-electron chi connectivity index (χ2n) is 4.52. The summed E-state index contributed by atoms with van der Waals surface area (Å²) >= 11 is 1.48. The van der Waals surface area contributed by atoms with Crippen molar-refractivity contribution >= 4 is 29.4 Å². The summed E-state index contributed by atoms with van der Waals surface area (Å²) in [7, 11) is 1.50. The zero-order valence-electron chi connectivity index (χ0n) is 11.5. The Kier molecular flexibility index (Phi) is 7.09. The van der Waals surface area contributed by atoms with E-state index in [2.05, 4.69) is 0 Å². The Bertz CT molecular complexity index is 346. The molecule has 1 atom stereocenters. The van der Waals surface area contributed by atoms with Gasteiger partial charge in [0, 0.05) is 26.5 Å². The summed E-state index contributed by atoms with van der Waals surface area (Å²) in [5.74, 6) is 0.656. The molecule has 108 valence electrons. The van der Waals surface area contributed by atoms with Crippen LogP contribution in [0.3, 0.4) is 0 Å². The van der Waals surface area contributed by atoms with Crippen LogP contribution in [0.5, 0.6) is 0 Å². The fraction of sp³-hybridized carbons (Fsp3) is 0.769. The third kappa shape index (κ3) is 4.95. The lowest BCUT2D eigenvalue weighted by Gasteiger charge is -2.13. The number of nitrogens with zero attached hydrogens (tertiary/aromatic N) is 1. The van der Waals surface area contributed by atoms with E-state index in [9.17, 15) is 14.4 Å². The molecule has 1 rings (SSSR count). The highest BCUT2D eigenvalue weighted by molar-refractivity contribution is 8.00. The number of amides is 2. The highest BCUT2D eigenvalue weighted by atomic mass is 32.2. The van der Waals surface area contributed by atoms with Crippen molar-refractivity contribution in [2.24, 2.45) is 0 Å². The Morgan fingerprint density at radius 3 is 2.84 bits per heavy atom. The van der Waals surface area contributed by atoms with E-state index in [1.165, 1.54) is 23.8 Å². The van der Waals surface area contributed by atoms with Crippen molar-refractivity contribution in [1.82, 2.24) is 4.90 Å². The van der Waals surface area contributed by atoms with Crippen molar-refractivity contribution in [3.8, 4) is 0 Å². The van der Waals surface area contributed by atoms with E-state index in [-0.39, 0.29) is 29.5 Å². The quantitative estimate of drug-likeness (QED) is 0.472. The number of carbonyl (C=O) groups excluding carboxylic acids is 3. The van der Waals surface area contributed by atoms with Crippen molar-refractivity contribution in [2.75, 3.05) is 26.0 Å². The first-order valence-corrected chi connectivity index (χ1v) is 7.61. The summed E-state index contributed by atoms with van der Waals surface area (Å²) in [5, 5.41) is -0.253. The Morgan fingerprint density at radius 2 is 2.21 bits per heavy atom. The van der Waals surface area contributed by atoms with Crippen LogP contribution in [0.15, 0.2) is 0 Å². The predicted molar refractivity (Wildman–Crippen MR) is 74.0 cm³/mol. The van der Waals surface area contributed by atoms with E-state index >= 15 is 0 Å². The fourth-order valence-corrected chi connectivity index (χ4v) is 3.10. The third-order valence-electron chi connectivity index (χ3n) is 2.87. The molecule has 0 aromatic rings. The number of ketones is 1. The third-order valence-corrected chi connectivity index (χ3v) is 4.17. The predicted octanol–water partition coefficient (Wildman–Crippen LogP) is 1.25. The molecular formula is C13H21NO4S. The van der Waals surface area contributed by atoms with Crippen LogP contribution in [0.25, 0.3) is 0 Å². The van der Waals surface area contributed by atoms with Gasteiger partial charge in [0.1, 0.15) is 6.61 Å². The summed E-state index contributed by atoms with van der Waals surface area (Å²) in [6.45, 7) is 2.61. The van der Waals surface area contributed by atoms with Crippen molar-refractivity contribution in [2.45, 2.75) is 37.9 Å². The molecule has 0 bridgehead atoms. The number of ether oxygens (including phenoxy) is 1. The first kappa shape index (κ1) is 16.2. The molecule has 2 amide bonds. The van der Waals surface area contributed by atoms with Crippen LogP contribution < -0.4 is 0 Å². The minimum atomic E-state index is -0.253. The molecule has 1 unspecified atom stereocenters. The standard InChI is InChI=1S/C13H21NO4S/c1-3-6-14-12(16)8-11(13(14)17)19-7-4-5-10(15)9-18-2/h11H,3-9H2,1-2H3. The van der Waals surface area contributed by atoms with E-state index in [4.69, 9.17) is 4.74 Å². The van der Waals surface area contributed by atoms with E-state index in [1.807, 2.05) is 6.92 Å². The number of likely N-dealkylation sites (tertiary alicyclic amines) is 1. The van der Waals surface area contributed by atoms with Crippen molar-refractivity contribution in [1.29, 1.82) is 0 Å². The van der Waals surface area contributed by atoms with E-state index < -0.39 is 0 Å². The number of carbonyl (C=O) groups is 3. The maximum Gasteiger partial charge on any atom is 0.242 e. The maximum atomic E-state index is 11.9. The van der Waals surface area contributed by atoms with Crippen LogP contribution >= 0.6 is 11.8 Å². The number of Topliss-reactive ketones (excluding diaryl/α,β-unsaturated/α-hetero) is 1. The van der Waals surface area contributed by atoms with E-state index in [0.717, 1.165) is 18.6 Å². The summed E-state index contributed by atoms with van der Waals surface area (Å²) in [6, 6.07) is 0. The second kappa shape index (κ2) is 8.32. The van der Waals surface area contributed by atoms with Gasteiger partial charge in [-0.05, 0) is 18.6 Å². The Hall–Kier alpha value is -0.880. The van der Waals surface area contributed by atoms with Gasteiger partial charge in [0.2, 0.25) is 11.8 Å². The number of imide groups is 1. The summed E-state index contributed by atoms with van der Waals surface area (Å²) in [6.07, 6.45) is 2.28. The molecule has 1 fully saturated rings.